The smallest absolute Gasteiger partial charge is 0.225 e. The van der Waals surface area contributed by atoms with Crippen molar-refractivity contribution in [3.63, 3.8) is 0 Å². The molecule has 0 atom stereocenters. The van der Waals surface area contributed by atoms with Crippen LogP contribution >= 0.6 is 23.2 Å². The monoisotopic (exact) mass is 247 g/mol. The van der Waals surface area contributed by atoms with Crippen LogP contribution in [0.2, 0.25) is 10.4 Å². The Kier molecular flexibility index (Phi) is 4.78. The van der Waals surface area contributed by atoms with Crippen LogP contribution < -0.4 is 4.90 Å². The van der Waals surface area contributed by atoms with E-state index in [4.69, 9.17) is 23.2 Å². The lowest BCUT2D eigenvalue weighted by molar-refractivity contribution is -0.107. The van der Waals surface area contributed by atoms with Crippen molar-refractivity contribution < 1.29 is 4.79 Å². The van der Waals surface area contributed by atoms with Gasteiger partial charge in [-0.25, -0.2) is 9.97 Å². The highest BCUT2D eigenvalue weighted by Gasteiger charge is 2.08. The van der Waals surface area contributed by atoms with Gasteiger partial charge in [0.05, 0.1) is 0 Å². The van der Waals surface area contributed by atoms with Crippen molar-refractivity contribution in [2.45, 2.75) is 19.8 Å². The average molecular weight is 248 g/mol. The third kappa shape index (κ3) is 3.64. The number of nitrogens with zero attached hydrogens (tertiary/aromatic N) is 3. The van der Waals surface area contributed by atoms with Gasteiger partial charge < -0.3 is 0 Å². The number of halogens is 2. The third-order valence-electron chi connectivity index (χ3n) is 1.83. The van der Waals surface area contributed by atoms with Gasteiger partial charge in [-0.15, -0.1) is 0 Å². The zero-order chi connectivity index (χ0) is 11.3. The van der Waals surface area contributed by atoms with E-state index in [2.05, 4.69) is 9.97 Å². The molecule has 0 N–H and O–H groups in total. The molecule has 0 spiro atoms. The zero-order valence-corrected chi connectivity index (χ0v) is 9.79. The summed E-state index contributed by atoms with van der Waals surface area (Å²) in [6, 6.07) is 1.51. The van der Waals surface area contributed by atoms with Crippen LogP contribution in [0.1, 0.15) is 19.8 Å². The molecule has 82 valence electrons. The second-order valence-corrected chi connectivity index (χ2v) is 3.70. The number of hydrogen-bond acceptors (Lipinski definition) is 3. The van der Waals surface area contributed by atoms with Crippen LogP contribution in [-0.2, 0) is 4.79 Å². The first-order valence-electron chi connectivity index (χ1n) is 4.59. The van der Waals surface area contributed by atoms with Crippen molar-refractivity contribution in [2.75, 3.05) is 11.4 Å². The Balaban J connectivity index is 2.86. The minimum atomic E-state index is 0.0425. The van der Waals surface area contributed by atoms with E-state index in [0.717, 1.165) is 12.8 Å². The van der Waals surface area contributed by atoms with Crippen LogP contribution in [0.15, 0.2) is 6.07 Å². The number of rotatable bonds is 5. The minimum Gasteiger partial charge on any atom is -0.299 e. The molecule has 0 radical (unpaired) electrons. The van der Waals surface area contributed by atoms with Crippen molar-refractivity contribution in [1.82, 2.24) is 9.97 Å². The van der Waals surface area contributed by atoms with E-state index in [-0.39, 0.29) is 10.4 Å². The fraction of sp³-hybridized carbons (Fsp3) is 0.444. The summed E-state index contributed by atoms with van der Waals surface area (Å²) in [7, 11) is 0. The summed E-state index contributed by atoms with van der Waals surface area (Å²) < 4.78 is 0. The number of carbonyl (C=O) groups excluding carboxylic acids is 1. The predicted octanol–water partition coefficient (Wildman–Crippen LogP) is 2.55. The molecule has 0 aliphatic carbocycles. The Hall–Kier alpha value is -0.870. The number of carbonyl (C=O) groups is 1. The molecule has 0 bridgehead atoms. The van der Waals surface area contributed by atoms with E-state index < -0.39 is 0 Å². The Morgan fingerprint density at radius 3 is 2.73 bits per heavy atom. The molecule has 1 aromatic rings. The first kappa shape index (κ1) is 12.2. The lowest BCUT2D eigenvalue weighted by atomic mass is 10.3. The van der Waals surface area contributed by atoms with Crippen molar-refractivity contribution in [2.24, 2.45) is 0 Å². The van der Waals surface area contributed by atoms with Gasteiger partial charge in [0.25, 0.3) is 0 Å². The van der Waals surface area contributed by atoms with Crippen molar-refractivity contribution >= 4 is 35.4 Å². The maximum atomic E-state index is 10.8. The van der Waals surface area contributed by atoms with Gasteiger partial charge in [-0.3, -0.25) is 9.69 Å². The van der Waals surface area contributed by atoms with Crippen LogP contribution in [0.5, 0.6) is 0 Å². The standard InChI is InChI=1S/C9H11Cl2N3O/c1-2-3-4-14(6-15)8-5-7(10)12-9(11)13-8/h5-6H,2-4H2,1H3. The fourth-order valence-electron chi connectivity index (χ4n) is 1.08. The molecule has 0 unspecified atom stereocenters. The lowest BCUT2D eigenvalue weighted by Crippen LogP contribution is -2.23. The van der Waals surface area contributed by atoms with E-state index in [1.165, 1.54) is 11.0 Å². The summed E-state index contributed by atoms with van der Waals surface area (Å²) in [5.41, 5.74) is 0. The molecule has 1 rings (SSSR count). The number of amides is 1. The number of anilines is 1. The van der Waals surface area contributed by atoms with Crippen LogP contribution in [0.4, 0.5) is 5.82 Å². The highest BCUT2D eigenvalue weighted by Crippen LogP contribution is 2.17. The molecule has 0 fully saturated rings. The lowest BCUT2D eigenvalue weighted by Gasteiger charge is -2.15. The van der Waals surface area contributed by atoms with Gasteiger partial charge in [-0.1, -0.05) is 24.9 Å². The summed E-state index contributed by atoms with van der Waals surface area (Å²) in [4.78, 5) is 19.9. The minimum absolute atomic E-state index is 0.0425. The summed E-state index contributed by atoms with van der Waals surface area (Å²) >= 11 is 11.3. The fourth-order valence-corrected chi connectivity index (χ4v) is 1.47. The summed E-state index contributed by atoms with van der Waals surface area (Å²) in [6.07, 6.45) is 2.61. The topological polar surface area (TPSA) is 46.1 Å². The SMILES string of the molecule is CCCCN(C=O)c1cc(Cl)nc(Cl)n1. The first-order chi connectivity index (χ1) is 7.17. The van der Waals surface area contributed by atoms with Gasteiger partial charge in [0, 0.05) is 12.6 Å². The van der Waals surface area contributed by atoms with Crippen LogP contribution in [0.25, 0.3) is 0 Å². The molecule has 15 heavy (non-hydrogen) atoms. The average Bonchev–Trinajstić information content (AvgIpc) is 2.17. The number of hydrogen-bond donors (Lipinski definition) is 0. The highest BCUT2D eigenvalue weighted by atomic mass is 35.5. The van der Waals surface area contributed by atoms with Gasteiger partial charge >= 0.3 is 0 Å². The molecule has 1 aromatic heterocycles. The van der Waals surface area contributed by atoms with Gasteiger partial charge in [-0.05, 0) is 18.0 Å². The Labute approximate surface area is 98.2 Å². The van der Waals surface area contributed by atoms with E-state index >= 15 is 0 Å². The Bertz CT molecular complexity index is 326. The van der Waals surface area contributed by atoms with Crippen LogP contribution in [0, 0.1) is 0 Å². The van der Waals surface area contributed by atoms with Gasteiger partial charge in [0.15, 0.2) is 0 Å². The molecule has 4 nitrogen and oxygen atoms in total. The van der Waals surface area contributed by atoms with Gasteiger partial charge in [0.2, 0.25) is 11.7 Å². The Morgan fingerprint density at radius 1 is 1.47 bits per heavy atom. The quantitative estimate of drug-likeness (QED) is 0.457. The Morgan fingerprint density at radius 2 is 2.20 bits per heavy atom. The van der Waals surface area contributed by atoms with E-state index in [0.29, 0.717) is 18.8 Å². The second-order valence-electron chi connectivity index (χ2n) is 2.97. The first-order valence-corrected chi connectivity index (χ1v) is 5.35. The summed E-state index contributed by atoms with van der Waals surface area (Å²) in [5, 5.41) is 0.272. The van der Waals surface area contributed by atoms with Crippen molar-refractivity contribution in [1.29, 1.82) is 0 Å². The molecular weight excluding hydrogens is 237 g/mol. The maximum Gasteiger partial charge on any atom is 0.225 e. The molecule has 1 amide bonds. The van der Waals surface area contributed by atoms with Gasteiger partial charge in [0.1, 0.15) is 11.0 Å². The van der Waals surface area contributed by atoms with Crippen LogP contribution in [0.3, 0.4) is 0 Å². The summed E-state index contributed by atoms with van der Waals surface area (Å²) in [6.45, 7) is 2.65. The van der Waals surface area contributed by atoms with E-state index in [1.54, 1.807) is 0 Å². The molecule has 0 aliphatic rings. The largest absolute Gasteiger partial charge is 0.299 e. The number of aromatic nitrogens is 2. The zero-order valence-electron chi connectivity index (χ0n) is 8.28. The molecule has 0 aliphatic heterocycles. The molecule has 0 aromatic carbocycles. The van der Waals surface area contributed by atoms with Crippen LogP contribution in [-0.4, -0.2) is 22.9 Å². The molecular formula is C9H11Cl2N3O. The maximum absolute atomic E-state index is 10.8. The molecule has 6 heteroatoms. The van der Waals surface area contributed by atoms with E-state index in [1.807, 2.05) is 6.92 Å². The molecule has 0 saturated heterocycles. The van der Waals surface area contributed by atoms with Gasteiger partial charge in [-0.2, -0.15) is 0 Å². The second kappa shape index (κ2) is 5.88. The predicted molar refractivity (Wildman–Crippen MR) is 60.4 cm³/mol. The highest BCUT2D eigenvalue weighted by molar-refractivity contribution is 6.32. The summed E-state index contributed by atoms with van der Waals surface area (Å²) in [5.74, 6) is 0.434. The van der Waals surface area contributed by atoms with Crippen molar-refractivity contribution in [3.05, 3.63) is 16.5 Å². The van der Waals surface area contributed by atoms with E-state index in [9.17, 15) is 4.79 Å². The normalized spacial score (nSPS) is 10.1. The molecule has 0 saturated carbocycles. The number of unbranched alkanes of at least 4 members (excludes halogenated alkanes) is 1. The molecule has 1 heterocycles. The van der Waals surface area contributed by atoms with Crippen molar-refractivity contribution in [3.8, 4) is 0 Å². The third-order valence-corrected chi connectivity index (χ3v) is 2.19.